The standard InChI is InChI=1S/C14H15ClN2O.CH5N/c1-2-4-12-16-11-6-3-5-10(15)13(11)14(18)17(12)9-7-8-9;1-2/h3,5-6,9H,2,4,7-8H2,1H3;2H2,1H3. The minimum atomic E-state index is 0.0246. The van der Waals surface area contributed by atoms with E-state index in [0.29, 0.717) is 22.0 Å². The SMILES string of the molecule is CCCc1nc2cccc(Cl)c2c(=O)n1C1CC1.CN. The van der Waals surface area contributed by atoms with Crippen LogP contribution in [0.1, 0.15) is 38.1 Å². The second-order valence-corrected chi connectivity index (χ2v) is 5.23. The molecule has 2 aromatic rings. The van der Waals surface area contributed by atoms with Crippen molar-refractivity contribution in [2.24, 2.45) is 5.73 Å². The summed E-state index contributed by atoms with van der Waals surface area (Å²) >= 11 is 6.14. The predicted molar refractivity (Wildman–Crippen MR) is 83.4 cm³/mol. The Morgan fingerprint density at radius 2 is 2.10 bits per heavy atom. The maximum atomic E-state index is 12.6. The van der Waals surface area contributed by atoms with Crippen LogP contribution in [0.15, 0.2) is 23.0 Å². The van der Waals surface area contributed by atoms with Crippen molar-refractivity contribution < 1.29 is 0 Å². The molecule has 1 fully saturated rings. The summed E-state index contributed by atoms with van der Waals surface area (Å²) in [5.41, 5.74) is 5.24. The highest BCUT2D eigenvalue weighted by Gasteiger charge is 2.28. The first-order valence-electron chi connectivity index (χ1n) is 6.99. The summed E-state index contributed by atoms with van der Waals surface area (Å²) in [4.78, 5) is 17.2. The molecule has 5 heteroatoms. The van der Waals surface area contributed by atoms with Gasteiger partial charge < -0.3 is 5.73 Å². The Labute approximate surface area is 123 Å². The Balaban J connectivity index is 0.000000704. The van der Waals surface area contributed by atoms with Crippen LogP contribution in [0, 0.1) is 0 Å². The van der Waals surface area contributed by atoms with Crippen LogP contribution in [0.3, 0.4) is 0 Å². The van der Waals surface area contributed by atoms with E-state index in [2.05, 4.69) is 17.6 Å². The molecule has 1 aromatic heterocycles. The lowest BCUT2D eigenvalue weighted by molar-refractivity contribution is 0.631. The van der Waals surface area contributed by atoms with Gasteiger partial charge in [-0.2, -0.15) is 0 Å². The number of aryl methyl sites for hydroxylation is 1. The summed E-state index contributed by atoms with van der Waals surface area (Å²) in [6.45, 7) is 2.10. The van der Waals surface area contributed by atoms with Gasteiger partial charge in [0.15, 0.2) is 0 Å². The third kappa shape index (κ3) is 2.72. The van der Waals surface area contributed by atoms with E-state index in [-0.39, 0.29) is 5.56 Å². The number of hydrogen-bond donors (Lipinski definition) is 1. The van der Waals surface area contributed by atoms with E-state index >= 15 is 0 Å². The lowest BCUT2D eigenvalue weighted by Crippen LogP contribution is -2.24. The Hall–Kier alpha value is -1.39. The van der Waals surface area contributed by atoms with E-state index in [1.165, 1.54) is 7.05 Å². The van der Waals surface area contributed by atoms with E-state index in [1.54, 1.807) is 6.07 Å². The summed E-state index contributed by atoms with van der Waals surface area (Å²) < 4.78 is 1.86. The van der Waals surface area contributed by atoms with E-state index in [0.717, 1.165) is 31.5 Å². The van der Waals surface area contributed by atoms with Crippen LogP contribution in [-0.2, 0) is 6.42 Å². The van der Waals surface area contributed by atoms with Crippen molar-refractivity contribution in [1.82, 2.24) is 9.55 Å². The molecular formula is C15H20ClN3O. The first kappa shape index (κ1) is 15.0. The molecule has 2 N–H and O–H groups in total. The maximum Gasteiger partial charge on any atom is 0.263 e. The van der Waals surface area contributed by atoms with Crippen molar-refractivity contribution in [3.8, 4) is 0 Å². The molecule has 1 saturated carbocycles. The molecule has 1 aliphatic carbocycles. The second kappa shape index (κ2) is 6.37. The fourth-order valence-electron chi connectivity index (χ4n) is 2.36. The minimum Gasteiger partial charge on any atom is -0.333 e. The molecule has 0 atom stereocenters. The molecule has 108 valence electrons. The smallest absolute Gasteiger partial charge is 0.263 e. The van der Waals surface area contributed by atoms with Crippen molar-refractivity contribution in [1.29, 1.82) is 0 Å². The van der Waals surface area contributed by atoms with Crippen molar-refractivity contribution in [3.05, 3.63) is 39.4 Å². The van der Waals surface area contributed by atoms with Crippen LogP contribution in [0.5, 0.6) is 0 Å². The molecule has 1 aromatic carbocycles. The quantitative estimate of drug-likeness (QED) is 0.946. The molecule has 0 bridgehead atoms. The fraction of sp³-hybridized carbons (Fsp3) is 0.467. The molecule has 0 unspecified atom stereocenters. The minimum absolute atomic E-state index is 0.0246. The van der Waals surface area contributed by atoms with Crippen LogP contribution >= 0.6 is 11.6 Å². The van der Waals surface area contributed by atoms with Gasteiger partial charge in [-0.1, -0.05) is 24.6 Å². The predicted octanol–water partition coefficient (Wildman–Crippen LogP) is 2.91. The van der Waals surface area contributed by atoms with Crippen molar-refractivity contribution >= 4 is 22.5 Å². The zero-order chi connectivity index (χ0) is 14.7. The summed E-state index contributed by atoms with van der Waals surface area (Å²) in [5, 5.41) is 1.06. The average Bonchev–Trinajstić information content (AvgIpc) is 3.26. The molecule has 0 radical (unpaired) electrons. The van der Waals surface area contributed by atoms with E-state index in [4.69, 9.17) is 11.6 Å². The van der Waals surface area contributed by atoms with Crippen LogP contribution in [-0.4, -0.2) is 16.6 Å². The summed E-state index contributed by atoms with van der Waals surface area (Å²) in [6.07, 6.45) is 3.99. The number of rotatable bonds is 3. The molecule has 0 amide bonds. The van der Waals surface area contributed by atoms with Crippen LogP contribution in [0.25, 0.3) is 10.9 Å². The molecule has 3 rings (SSSR count). The first-order chi connectivity index (χ1) is 9.72. The highest BCUT2D eigenvalue weighted by molar-refractivity contribution is 6.35. The van der Waals surface area contributed by atoms with Gasteiger partial charge in [0.1, 0.15) is 5.82 Å². The molecular weight excluding hydrogens is 274 g/mol. The van der Waals surface area contributed by atoms with E-state index < -0.39 is 0 Å². The van der Waals surface area contributed by atoms with Gasteiger partial charge in [0.25, 0.3) is 5.56 Å². The highest BCUT2D eigenvalue weighted by atomic mass is 35.5. The maximum absolute atomic E-state index is 12.6. The highest BCUT2D eigenvalue weighted by Crippen LogP contribution is 2.35. The topological polar surface area (TPSA) is 60.9 Å². The lowest BCUT2D eigenvalue weighted by atomic mass is 10.2. The lowest BCUT2D eigenvalue weighted by Gasteiger charge is -2.12. The van der Waals surface area contributed by atoms with Gasteiger partial charge in [0, 0.05) is 12.5 Å². The fourth-order valence-corrected chi connectivity index (χ4v) is 2.61. The van der Waals surface area contributed by atoms with Gasteiger partial charge in [-0.3, -0.25) is 9.36 Å². The van der Waals surface area contributed by atoms with Crippen LogP contribution in [0.2, 0.25) is 5.02 Å². The number of nitrogens with zero attached hydrogens (tertiary/aromatic N) is 2. The van der Waals surface area contributed by atoms with E-state index in [1.807, 2.05) is 16.7 Å². The second-order valence-electron chi connectivity index (χ2n) is 4.82. The van der Waals surface area contributed by atoms with Gasteiger partial charge in [0.05, 0.1) is 15.9 Å². The molecule has 1 heterocycles. The van der Waals surface area contributed by atoms with Crippen molar-refractivity contribution in [2.75, 3.05) is 7.05 Å². The van der Waals surface area contributed by atoms with E-state index in [9.17, 15) is 4.79 Å². The third-order valence-corrected chi connectivity index (χ3v) is 3.65. The molecule has 1 aliphatic rings. The van der Waals surface area contributed by atoms with Crippen LogP contribution in [0.4, 0.5) is 0 Å². The molecule has 4 nitrogen and oxygen atoms in total. The Morgan fingerprint density at radius 3 is 2.70 bits per heavy atom. The van der Waals surface area contributed by atoms with Crippen LogP contribution < -0.4 is 11.3 Å². The number of benzene rings is 1. The normalized spacial score (nSPS) is 14.0. The molecule has 20 heavy (non-hydrogen) atoms. The van der Waals surface area contributed by atoms with Gasteiger partial charge in [-0.05, 0) is 38.4 Å². The average molecular weight is 294 g/mol. The van der Waals surface area contributed by atoms with Gasteiger partial charge in [0.2, 0.25) is 0 Å². The largest absolute Gasteiger partial charge is 0.333 e. The Morgan fingerprint density at radius 1 is 1.40 bits per heavy atom. The number of halogens is 1. The molecule has 0 saturated heterocycles. The van der Waals surface area contributed by atoms with Gasteiger partial charge in [-0.15, -0.1) is 0 Å². The van der Waals surface area contributed by atoms with Gasteiger partial charge >= 0.3 is 0 Å². The number of aromatic nitrogens is 2. The third-order valence-electron chi connectivity index (χ3n) is 3.34. The molecule has 0 spiro atoms. The summed E-state index contributed by atoms with van der Waals surface area (Å²) in [6, 6.07) is 5.80. The number of hydrogen-bond acceptors (Lipinski definition) is 3. The zero-order valence-corrected chi connectivity index (χ0v) is 12.7. The first-order valence-corrected chi connectivity index (χ1v) is 7.37. The Bertz CT molecular complexity index is 662. The molecule has 0 aliphatic heterocycles. The summed E-state index contributed by atoms with van der Waals surface area (Å²) in [7, 11) is 1.50. The Kier molecular flexibility index (Phi) is 4.78. The van der Waals surface area contributed by atoms with Gasteiger partial charge in [-0.25, -0.2) is 4.98 Å². The zero-order valence-electron chi connectivity index (χ0n) is 11.9. The monoisotopic (exact) mass is 293 g/mol. The van der Waals surface area contributed by atoms with Crippen molar-refractivity contribution in [3.63, 3.8) is 0 Å². The summed E-state index contributed by atoms with van der Waals surface area (Å²) in [5.74, 6) is 0.903. The number of nitrogens with two attached hydrogens (primary N) is 1. The van der Waals surface area contributed by atoms with Crippen molar-refractivity contribution in [2.45, 2.75) is 38.6 Å². The number of fused-ring (bicyclic) bond motifs is 1.